The molecule has 4 nitrogen and oxygen atoms in total. The average Bonchev–Trinajstić information content (AvgIpc) is 3.23. The summed E-state index contributed by atoms with van der Waals surface area (Å²) in [6.45, 7) is 1.21. The summed E-state index contributed by atoms with van der Waals surface area (Å²) in [4.78, 5) is -0.482. The summed E-state index contributed by atoms with van der Waals surface area (Å²) in [5, 5.41) is 9.16. The predicted molar refractivity (Wildman–Crippen MR) is 74.5 cm³/mol. The van der Waals surface area contributed by atoms with Crippen molar-refractivity contribution in [1.29, 1.82) is 0 Å². The Balaban J connectivity index is 2.45. The van der Waals surface area contributed by atoms with E-state index in [2.05, 4.69) is 0 Å². The van der Waals surface area contributed by atoms with Gasteiger partial charge in [-0.25, -0.2) is 12.8 Å². The zero-order chi connectivity index (χ0) is 15.1. The quantitative estimate of drug-likeness (QED) is 0.906. The van der Waals surface area contributed by atoms with Crippen molar-refractivity contribution in [3.8, 4) is 0 Å². The smallest absolute Gasteiger partial charge is 0.246 e. The highest BCUT2D eigenvalue weighted by atomic mass is 35.5. The lowest BCUT2D eigenvalue weighted by atomic mass is 10.2. The highest BCUT2D eigenvalue weighted by Crippen LogP contribution is 2.37. The van der Waals surface area contributed by atoms with E-state index in [0.29, 0.717) is 5.92 Å². The van der Waals surface area contributed by atoms with Gasteiger partial charge < -0.3 is 5.11 Å². The van der Waals surface area contributed by atoms with Crippen molar-refractivity contribution in [3.05, 3.63) is 28.5 Å². The second-order valence-electron chi connectivity index (χ2n) is 5.13. The van der Waals surface area contributed by atoms with Crippen molar-refractivity contribution < 1.29 is 17.9 Å². The second kappa shape index (κ2) is 5.60. The Labute approximate surface area is 123 Å². The molecule has 0 aliphatic heterocycles. The molecule has 112 valence electrons. The van der Waals surface area contributed by atoms with E-state index in [9.17, 15) is 12.8 Å². The lowest BCUT2D eigenvalue weighted by Gasteiger charge is -2.24. The van der Waals surface area contributed by atoms with Crippen LogP contribution in [0.15, 0.2) is 17.0 Å². The molecule has 0 saturated heterocycles. The van der Waals surface area contributed by atoms with Crippen LogP contribution in [0.2, 0.25) is 5.02 Å². The number of hydrogen-bond donors (Lipinski definition) is 1. The van der Waals surface area contributed by atoms with Crippen LogP contribution in [0.3, 0.4) is 0 Å². The number of hydrogen-bond acceptors (Lipinski definition) is 3. The third-order valence-electron chi connectivity index (χ3n) is 3.78. The normalized spacial score (nSPS) is 17.5. The van der Waals surface area contributed by atoms with Crippen molar-refractivity contribution in [3.63, 3.8) is 0 Å². The summed E-state index contributed by atoms with van der Waals surface area (Å²) in [6.07, 6.45) is 1.97. The molecule has 0 amide bonds. The maximum atomic E-state index is 14.2. The molecule has 0 radical (unpaired) electrons. The molecule has 1 aliphatic rings. The Morgan fingerprint density at radius 3 is 2.60 bits per heavy atom. The van der Waals surface area contributed by atoms with Crippen LogP contribution in [-0.4, -0.2) is 30.9 Å². The van der Waals surface area contributed by atoms with Crippen LogP contribution >= 0.6 is 11.6 Å². The standard InChI is InChI=1S/C13H17ClFNO3S/c1-8(9-3-4-9)16(2)20(18,19)12-6-11(14)5-10(7-17)13(12)15/h5-6,8-9,17H,3-4,7H2,1-2H3. The molecule has 1 N–H and O–H groups in total. The monoisotopic (exact) mass is 321 g/mol. The van der Waals surface area contributed by atoms with E-state index in [1.807, 2.05) is 6.92 Å². The molecule has 1 aliphatic carbocycles. The van der Waals surface area contributed by atoms with E-state index in [1.54, 1.807) is 0 Å². The predicted octanol–water partition coefficient (Wildman–Crippen LogP) is 2.39. The highest BCUT2D eigenvalue weighted by Gasteiger charge is 2.37. The summed E-state index contributed by atoms with van der Waals surface area (Å²) in [5.41, 5.74) is -0.122. The third kappa shape index (κ3) is 2.83. The number of benzene rings is 1. The van der Waals surface area contributed by atoms with E-state index in [0.717, 1.165) is 18.9 Å². The molecular weight excluding hydrogens is 305 g/mol. The maximum absolute atomic E-state index is 14.2. The first-order valence-electron chi connectivity index (χ1n) is 6.36. The molecule has 1 fully saturated rings. The van der Waals surface area contributed by atoms with Gasteiger partial charge in [-0.1, -0.05) is 11.6 Å². The Morgan fingerprint density at radius 2 is 2.10 bits per heavy atom. The first-order chi connectivity index (χ1) is 9.28. The van der Waals surface area contributed by atoms with Crippen molar-refractivity contribution >= 4 is 21.6 Å². The van der Waals surface area contributed by atoms with Gasteiger partial charge >= 0.3 is 0 Å². The van der Waals surface area contributed by atoms with Crippen LogP contribution in [0.5, 0.6) is 0 Å². The number of aliphatic hydroxyl groups is 1. The Hall–Kier alpha value is -0.690. The van der Waals surface area contributed by atoms with Crippen molar-refractivity contribution in [1.82, 2.24) is 4.31 Å². The molecule has 1 aromatic rings. The van der Waals surface area contributed by atoms with Gasteiger partial charge in [0.1, 0.15) is 10.7 Å². The van der Waals surface area contributed by atoms with Crippen LogP contribution in [0.25, 0.3) is 0 Å². The van der Waals surface area contributed by atoms with Crippen molar-refractivity contribution in [2.75, 3.05) is 7.05 Å². The summed E-state index contributed by atoms with van der Waals surface area (Å²) < 4.78 is 40.3. The first-order valence-corrected chi connectivity index (χ1v) is 8.17. The van der Waals surface area contributed by atoms with Gasteiger partial charge in [0.05, 0.1) is 6.61 Å². The molecular formula is C13H17ClFNO3S. The van der Waals surface area contributed by atoms with E-state index < -0.39 is 27.3 Å². The first kappa shape index (κ1) is 15.7. The molecule has 0 spiro atoms. The molecule has 1 aromatic carbocycles. The van der Waals surface area contributed by atoms with E-state index >= 15 is 0 Å². The van der Waals surface area contributed by atoms with Gasteiger partial charge in [-0.3, -0.25) is 0 Å². The number of aliphatic hydroxyl groups excluding tert-OH is 1. The Bertz CT molecular complexity index is 616. The summed E-state index contributed by atoms with van der Waals surface area (Å²) in [7, 11) is -2.52. The fourth-order valence-electron chi connectivity index (χ4n) is 2.17. The summed E-state index contributed by atoms with van der Waals surface area (Å²) >= 11 is 5.81. The lowest BCUT2D eigenvalue weighted by Crippen LogP contribution is -2.37. The Kier molecular flexibility index (Phi) is 4.39. The maximum Gasteiger partial charge on any atom is 0.246 e. The van der Waals surface area contributed by atoms with Crippen molar-refractivity contribution in [2.45, 2.75) is 37.3 Å². The molecule has 1 unspecified atom stereocenters. The van der Waals surface area contributed by atoms with Gasteiger partial charge in [-0.2, -0.15) is 4.31 Å². The fourth-order valence-corrected chi connectivity index (χ4v) is 4.03. The van der Waals surface area contributed by atoms with Gasteiger partial charge in [0, 0.05) is 23.7 Å². The zero-order valence-electron chi connectivity index (χ0n) is 11.3. The van der Waals surface area contributed by atoms with E-state index in [1.165, 1.54) is 17.4 Å². The number of rotatable bonds is 5. The van der Waals surface area contributed by atoms with Crippen molar-refractivity contribution in [2.24, 2.45) is 5.92 Å². The summed E-state index contributed by atoms with van der Waals surface area (Å²) in [6, 6.07) is 2.12. The molecule has 1 saturated carbocycles. The minimum Gasteiger partial charge on any atom is -0.392 e. The largest absolute Gasteiger partial charge is 0.392 e. The number of sulfonamides is 1. The number of nitrogens with zero attached hydrogens (tertiary/aromatic N) is 1. The van der Waals surface area contributed by atoms with E-state index in [4.69, 9.17) is 16.7 Å². The van der Waals surface area contributed by atoms with Gasteiger partial charge in [0.15, 0.2) is 0 Å². The highest BCUT2D eigenvalue weighted by molar-refractivity contribution is 7.89. The van der Waals surface area contributed by atoms with Gasteiger partial charge in [-0.15, -0.1) is 0 Å². The molecule has 20 heavy (non-hydrogen) atoms. The molecule has 0 heterocycles. The Morgan fingerprint density at radius 1 is 1.50 bits per heavy atom. The van der Waals surface area contributed by atoms with Crippen LogP contribution in [0, 0.1) is 11.7 Å². The molecule has 0 bridgehead atoms. The van der Waals surface area contributed by atoms with E-state index in [-0.39, 0.29) is 16.6 Å². The minimum atomic E-state index is -3.97. The molecule has 1 atom stereocenters. The van der Waals surface area contributed by atoms with Gasteiger partial charge in [-0.05, 0) is 37.8 Å². The second-order valence-corrected chi connectivity index (χ2v) is 7.54. The van der Waals surface area contributed by atoms with Crippen LogP contribution in [0.4, 0.5) is 4.39 Å². The molecule has 0 aromatic heterocycles. The molecule has 7 heteroatoms. The van der Waals surface area contributed by atoms with Crippen LogP contribution in [0.1, 0.15) is 25.3 Å². The minimum absolute atomic E-state index is 0.0847. The van der Waals surface area contributed by atoms with Crippen LogP contribution < -0.4 is 0 Å². The SMILES string of the molecule is CC(C1CC1)N(C)S(=O)(=O)c1cc(Cl)cc(CO)c1F. The fraction of sp³-hybridized carbons (Fsp3) is 0.538. The van der Waals surface area contributed by atoms with Crippen LogP contribution in [-0.2, 0) is 16.6 Å². The molecule has 2 rings (SSSR count). The van der Waals surface area contributed by atoms with Gasteiger partial charge in [0.2, 0.25) is 10.0 Å². The zero-order valence-corrected chi connectivity index (χ0v) is 12.9. The number of halogens is 2. The third-order valence-corrected chi connectivity index (χ3v) is 5.95. The summed E-state index contributed by atoms with van der Waals surface area (Å²) in [5.74, 6) is -0.610. The van der Waals surface area contributed by atoms with Gasteiger partial charge in [0.25, 0.3) is 0 Å². The topological polar surface area (TPSA) is 57.6 Å². The average molecular weight is 322 g/mol. The lowest BCUT2D eigenvalue weighted by molar-refractivity contribution is 0.274.